The third-order valence-corrected chi connectivity index (χ3v) is 7.51. The maximum atomic E-state index is 11.4. The highest BCUT2D eigenvalue weighted by molar-refractivity contribution is 5.97. The van der Waals surface area contributed by atoms with Crippen LogP contribution in [-0.4, -0.2) is 43.8 Å². The van der Waals surface area contributed by atoms with E-state index in [1.165, 1.54) is 19.3 Å². The lowest BCUT2D eigenvalue weighted by Crippen LogP contribution is -2.57. The molecule has 156 valence electrons. The number of nitrogens with one attached hydrogen (secondary N) is 2. The van der Waals surface area contributed by atoms with Gasteiger partial charge in [0.05, 0.1) is 11.3 Å². The van der Waals surface area contributed by atoms with Gasteiger partial charge in [-0.15, -0.1) is 0 Å². The number of nitrogens with two attached hydrogens (primary N) is 1. The number of H-pyrrole nitrogens is 1. The Balaban J connectivity index is 1.40. The number of primary amides is 1. The maximum Gasteiger partial charge on any atom is 0.290 e. The summed E-state index contributed by atoms with van der Waals surface area (Å²) in [6, 6.07) is 2.30. The van der Waals surface area contributed by atoms with Gasteiger partial charge in [-0.25, -0.2) is 4.98 Å². The summed E-state index contributed by atoms with van der Waals surface area (Å²) in [5.74, 6) is 1.13. The molecule has 4 saturated carbocycles. The van der Waals surface area contributed by atoms with Crippen molar-refractivity contribution in [2.24, 2.45) is 28.9 Å². The number of rotatable bonds is 5. The number of carbonyl (C=O) groups excluding carboxylic acids is 1. The molecule has 0 spiro atoms. The molecule has 0 aliphatic heterocycles. The van der Waals surface area contributed by atoms with E-state index >= 15 is 0 Å². The number of aromatic amines is 1. The molecule has 3 unspecified atom stereocenters. The number of aliphatic hydroxyl groups is 1. The Hall–Kier alpha value is -2.94. The Morgan fingerprint density at radius 1 is 1.33 bits per heavy atom. The number of hydrogen-bond acceptors (Lipinski definition) is 7. The molecule has 9 heteroatoms. The van der Waals surface area contributed by atoms with Gasteiger partial charge in [0, 0.05) is 30.4 Å². The Morgan fingerprint density at radius 3 is 2.83 bits per heavy atom. The number of pyridine rings is 1. The quantitative estimate of drug-likeness (QED) is 0.507. The Morgan fingerprint density at radius 2 is 2.13 bits per heavy atom. The molecule has 4 aliphatic rings. The van der Waals surface area contributed by atoms with Crippen LogP contribution in [0, 0.1) is 23.2 Å². The van der Waals surface area contributed by atoms with Crippen molar-refractivity contribution in [3.63, 3.8) is 0 Å². The highest BCUT2D eigenvalue weighted by Gasteiger charge is 2.55. The number of fused-ring (bicyclic) bond motifs is 1. The van der Waals surface area contributed by atoms with E-state index in [0.29, 0.717) is 30.0 Å². The SMILES string of the molecule is NC(=O)c1noc(-c2cnc3[nH]ccc3c2NC2[C@@H]3CC4C[C@H]2CC(CO)(C4)C3)n1. The van der Waals surface area contributed by atoms with Gasteiger partial charge in [-0.2, -0.15) is 4.98 Å². The monoisotopic (exact) mass is 408 g/mol. The fraction of sp³-hybridized carbons (Fsp3) is 0.524. The summed E-state index contributed by atoms with van der Waals surface area (Å²) >= 11 is 0. The molecule has 7 rings (SSSR count). The lowest BCUT2D eigenvalue weighted by Gasteiger charge is -2.60. The van der Waals surface area contributed by atoms with Gasteiger partial charge in [-0.1, -0.05) is 5.16 Å². The molecule has 9 nitrogen and oxygen atoms in total. The fourth-order valence-electron chi connectivity index (χ4n) is 6.55. The van der Waals surface area contributed by atoms with Gasteiger partial charge in [0.2, 0.25) is 0 Å². The minimum absolute atomic E-state index is 0.113. The van der Waals surface area contributed by atoms with Gasteiger partial charge < -0.3 is 25.7 Å². The highest BCUT2D eigenvalue weighted by Crippen LogP contribution is 2.60. The third-order valence-electron chi connectivity index (χ3n) is 7.51. The minimum atomic E-state index is -0.731. The Kier molecular flexibility index (Phi) is 3.74. The van der Waals surface area contributed by atoms with Gasteiger partial charge in [0.25, 0.3) is 17.6 Å². The van der Waals surface area contributed by atoms with Crippen molar-refractivity contribution in [3.05, 3.63) is 24.3 Å². The predicted octanol–water partition coefficient (Wildman–Crippen LogP) is 2.31. The van der Waals surface area contributed by atoms with Gasteiger partial charge in [-0.3, -0.25) is 4.79 Å². The summed E-state index contributed by atoms with van der Waals surface area (Å²) in [6.07, 6.45) is 9.26. The van der Waals surface area contributed by atoms with Crippen molar-refractivity contribution in [2.75, 3.05) is 11.9 Å². The lowest BCUT2D eigenvalue weighted by molar-refractivity contribution is -0.0868. The number of amides is 1. The molecule has 0 aromatic carbocycles. The molecule has 4 fully saturated rings. The van der Waals surface area contributed by atoms with Crippen LogP contribution in [0.25, 0.3) is 22.5 Å². The van der Waals surface area contributed by atoms with Crippen molar-refractivity contribution in [1.29, 1.82) is 0 Å². The number of carbonyl (C=O) groups is 1. The smallest absolute Gasteiger partial charge is 0.290 e. The molecule has 5 atom stereocenters. The van der Waals surface area contributed by atoms with Crippen LogP contribution >= 0.6 is 0 Å². The standard InChI is InChI=1S/C21H24N6O3/c22-17(29)19-26-20(30-27-19)14-8-24-18-13(1-2-23-18)16(14)25-15-11-3-10-4-12(15)7-21(5-10,6-11)9-28/h1-2,8,10-12,15,28H,3-7,9H2,(H2,22,29)(H2,23,24,25)/t10?,11-,12+,15?,21?. The van der Waals surface area contributed by atoms with Crippen LogP contribution in [0.1, 0.15) is 42.7 Å². The number of anilines is 1. The van der Waals surface area contributed by atoms with E-state index in [2.05, 4.69) is 25.4 Å². The molecule has 5 N–H and O–H groups in total. The molecule has 0 saturated heterocycles. The average molecular weight is 408 g/mol. The van der Waals surface area contributed by atoms with E-state index in [1.807, 2.05) is 12.3 Å². The molecule has 4 bridgehead atoms. The molecule has 30 heavy (non-hydrogen) atoms. The van der Waals surface area contributed by atoms with Gasteiger partial charge in [0.1, 0.15) is 5.65 Å². The first-order chi connectivity index (χ1) is 14.5. The summed E-state index contributed by atoms with van der Waals surface area (Å²) in [6.45, 7) is 0.295. The predicted molar refractivity (Wildman–Crippen MR) is 108 cm³/mol. The Bertz CT molecular complexity index is 1120. The van der Waals surface area contributed by atoms with Crippen molar-refractivity contribution in [3.8, 4) is 11.5 Å². The van der Waals surface area contributed by atoms with E-state index in [1.54, 1.807) is 6.20 Å². The van der Waals surface area contributed by atoms with Crippen molar-refractivity contribution in [1.82, 2.24) is 20.1 Å². The van der Waals surface area contributed by atoms with Crippen LogP contribution in [0.5, 0.6) is 0 Å². The summed E-state index contributed by atoms with van der Waals surface area (Å²) in [7, 11) is 0. The second kappa shape index (κ2) is 6.28. The zero-order chi connectivity index (χ0) is 20.5. The van der Waals surface area contributed by atoms with Gasteiger partial charge in [-0.05, 0) is 61.3 Å². The maximum absolute atomic E-state index is 11.4. The molecule has 3 aromatic rings. The molecule has 3 aromatic heterocycles. The first kappa shape index (κ1) is 17.9. The van der Waals surface area contributed by atoms with Gasteiger partial charge in [0.15, 0.2) is 0 Å². The van der Waals surface area contributed by atoms with Crippen LogP contribution in [-0.2, 0) is 0 Å². The first-order valence-corrected chi connectivity index (χ1v) is 10.5. The second-order valence-corrected chi connectivity index (χ2v) is 9.37. The van der Waals surface area contributed by atoms with Crippen molar-refractivity contribution in [2.45, 2.75) is 38.1 Å². The van der Waals surface area contributed by atoms with Crippen LogP contribution in [0.3, 0.4) is 0 Å². The van der Waals surface area contributed by atoms with Crippen molar-refractivity contribution >= 4 is 22.6 Å². The van der Waals surface area contributed by atoms with Crippen LogP contribution in [0.2, 0.25) is 0 Å². The van der Waals surface area contributed by atoms with Crippen molar-refractivity contribution < 1.29 is 14.4 Å². The second-order valence-electron chi connectivity index (χ2n) is 9.37. The van der Waals surface area contributed by atoms with E-state index in [0.717, 1.165) is 35.5 Å². The van der Waals surface area contributed by atoms with E-state index in [4.69, 9.17) is 10.3 Å². The molecular weight excluding hydrogens is 384 g/mol. The first-order valence-electron chi connectivity index (χ1n) is 10.5. The topological polar surface area (TPSA) is 143 Å². The summed E-state index contributed by atoms with van der Waals surface area (Å²) in [4.78, 5) is 23.2. The largest absolute Gasteiger partial charge is 0.396 e. The molecule has 3 heterocycles. The number of aliphatic hydroxyl groups excluding tert-OH is 1. The Labute approximate surface area is 172 Å². The minimum Gasteiger partial charge on any atom is -0.396 e. The lowest BCUT2D eigenvalue weighted by atomic mass is 9.48. The fourth-order valence-corrected chi connectivity index (χ4v) is 6.55. The average Bonchev–Trinajstić information content (AvgIpc) is 3.40. The summed E-state index contributed by atoms with van der Waals surface area (Å²) < 4.78 is 5.33. The van der Waals surface area contributed by atoms with Crippen LogP contribution in [0.4, 0.5) is 5.69 Å². The number of nitrogens with zero attached hydrogens (tertiary/aromatic N) is 3. The molecule has 0 radical (unpaired) electrons. The van der Waals surface area contributed by atoms with E-state index < -0.39 is 5.91 Å². The van der Waals surface area contributed by atoms with E-state index in [9.17, 15) is 9.90 Å². The van der Waals surface area contributed by atoms with Gasteiger partial charge >= 0.3 is 0 Å². The summed E-state index contributed by atoms with van der Waals surface area (Å²) in [5, 5.41) is 18.5. The highest BCUT2D eigenvalue weighted by atomic mass is 16.5. The number of aromatic nitrogens is 4. The summed E-state index contributed by atoms with van der Waals surface area (Å²) in [5.41, 5.74) is 7.72. The molecule has 1 amide bonds. The molecule has 4 aliphatic carbocycles. The van der Waals surface area contributed by atoms with E-state index in [-0.39, 0.29) is 17.1 Å². The zero-order valence-corrected chi connectivity index (χ0v) is 16.5. The van der Waals surface area contributed by atoms with Crippen LogP contribution in [0.15, 0.2) is 23.0 Å². The molecular formula is C21H24N6O3. The normalized spacial score (nSPS) is 32.0. The third kappa shape index (κ3) is 2.57. The zero-order valence-electron chi connectivity index (χ0n) is 16.5. The number of hydrogen-bond donors (Lipinski definition) is 4. The van der Waals surface area contributed by atoms with Crippen LogP contribution < -0.4 is 11.1 Å².